The summed E-state index contributed by atoms with van der Waals surface area (Å²) in [6, 6.07) is 11.5. The number of nitro groups is 1. The lowest BCUT2D eigenvalue weighted by Gasteiger charge is -2.15. The van der Waals surface area contributed by atoms with Crippen LogP contribution in [0.15, 0.2) is 52.5 Å². The lowest BCUT2D eigenvalue weighted by molar-refractivity contribution is -0.386. The first-order valence-electron chi connectivity index (χ1n) is 8.88. The summed E-state index contributed by atoms with van der Waals surface area (Å²) in [5.41, 5.74) is 2.88. The summed E-state index contributed by atoms with van der Waals surface area (Å²) >= 11 is 3.24. The molecule has 0 unspecified atom stereocenters. The van der Waals surface area contributed by atoms with Crippen LogP contribution in [0.3, 0.4) is 0 Å². The highest BCUT2D eigenvalue weighted by Crippen LogP contribution is 2.37. The number of nitro benzene ring substituents is 1. The first kappa shape index (κ1) is 20.5. The molecule has 0 saturated carbocycles. The van der Waals surface area contributed by atoms with Crippen LogP contribution in [0.5, 0.6) is 5.75 Å². The highest BCUT2D eigenvalue weighted by molar-refractivity contribution is 9.10. The minimum Gasteiger partial charge on any atom is -0.483 e. The maximum absolute atomic E-state index is 12.8. The van der Waals surface area contributed by atoms with Gasteiger partial charge in [0.2, 0.25) is 5.75 Å². The molecule has 0 aromatic heterocycles. The minimum atomic E-state index is -0.601. The molecule has 0 aliphatic carbocycles. The number of ether oxygens (including phenoxy) is 1. The van der Waals surface area contributed by atoms with Crippen LogP contribution in [0, 0.1) is 10.1 Å². The first-order valence-corrected chi connectivity index (χ1v) is 9.68. The molecule has 1 fully saturated rings. The van der Waals surface area contributed by atoms with Gasteiger partial charge in [-0.05, 0) is 37.6 Å². The quantitative estimate of drug-likeness (QED) is 0.304. The Kier molecular flexibility index (Phi) is 5.97. The number of nitrogens with one attached hydrogen (secondary N) is 1. The molecule has 0 bridgehead atoms. The van der Waals surface area contributed by atoms with Crippen molar-refractivity contribution in [2.75, 3.05) is 5.01 Å². The van der Waals surface area contributed by atoms with E-state index < -0.39 is 16.7 Å². The van der Waals surface area contributed by atoms with Gasteiger partial charge in [-0.1, -0.05) is 41.1 Å². The van der Waals surface area contributed by atoms with E-state index in [0.717, 1.165) is 5.01 Å². The number of halogens is 1. The Hall–Kier alpha value is -3.20. The molecular weight excluding hydrogens is 442 g/mol. The molecule has 1 N–H and O–H groups in total. The van der Waals surface area contributed by atoms with Crippen LogP contribution < -0.4 is 15.2 Å². The molecule has 1 saturated heterocycles. The van der Waals surface area contributed by atoms with Crippen molar-refractivity contribution in [2.45, 2.75) is 26.4 Å². The lowest BCUT2D eigenvalue weighted by atomic mass is 10.1. The van der Waals surface area contributed by atoms with Gasteiger partial charge < -0.3 is 4.74 Å². The monoisotopic (exact) mass is 459 g/mol. The van der Waals surface area contributed by atoms with E-state index in [9.17, 15) is 19.7 Å². The summed E-state index contributed by atoms with van der Waals surface area (Å²) < 4.78 is 6.20. The van der Waals surface area contributed by atoms with Crippen LogP contribution in [-0.2, 0) is 9.59 Å². The molecule has 0 radical (unpaired) electrons. The fourth-order valence-electron chi connectivity index (χ4n) is 2.73. The molecule has 2 aromatic rings. The molecule has 3 rings (SSSR count). The highest BCUT2D eigenvalue weighted by atomic mass is 79.9. The van der Waals surface area contributed by atoms with Gasteiger partial charge in [-0.25, -0.2) is 5.01 Å². The topological polar surface area (TPSA) is 102 Å². The van der Waals surface area contributed by atoms with Crippen LogP contribution in [-0.4, -0.2) is 22.8 Å². The number of hydrogen-bond donors (Lipinski definition) is 1. The lowest BCUT2D eigenvalue weighted by Crippen LogP contribution is -2.35. The van der Waals surface area contributed by atoms with Gasteiger partial charge in [0.15, 0.2) is 0 Å². The maximum Gasteiger partial charge on any atom is 0.312 e. The van der Waals surface area contributed by atoms with Gasteiger partial charge in [0.25, 0.3) is 11.8 Å². The summed E-state index contributed by atoms with van der Waals surface area (Å²) in [7, 11) is 0. The fraction of sp³-hybridized carbons (Fsp3) is 0.200. The molecule has 0 spiro atoms. The van der Waals surface area contributed by atoms with Crippen LogP contribution in [0.1, 0.15) is 25.8 Å². The number of hydrogen-bond acceptors (Lipinski definition) is 5. The van der Waals surface area contributed by atoms with Gasteiger partial charge in [-0.15, -0.1) is 0 Å². The number of hydrazine groups is 1. The number of nitrogens with zero attached hydrogens (tertiary/aromatic N) is 2. The molecule has 1 aliphatic rings. The number of rotatable bonds is 6. The number of amides is 2. The van der Waals surface area contributed by atoms with Crippen molar-refractivity contribution < 1.29 is 19.2 Å². The summed E-state index contributed by atoms with van der Waals surface area (Å²) in [6.45, 7) is 3.67. The van der Waals surface area contributed by atoms with Gasteiger partial charge >= 0.3 is 5.69 Å². The van der Waals surface area contributed by atoms with Crippen LogP contribution in [0.2, 0.25) is 0 Å². The molecule has 1 atom stereocenters. The zero-order valence-corrected chi connectivity index (χ0v) is 17.3. The zero-order chi connectivity index (χ0) is 21.1. The molecule has 9 heteroatoms. The molecule has 1 heterocycles. The number of carbonyl (C=O) groups is 2. The van der Waals surface area contributed by atoms with Gasteiger partial charge in [0.05, 0.1) is 16.7 Å². The average Bonchev–Trinajstić information content (AvgIpc) is 2.98. The zero-order valence-electron chi connectivity index (χ0n) is 15.7. The van der Waals surface area contributed by atoms with Crippen LogP contribution in [0.25, 0.3) is 6.08 Å². The number of carbonyl (C=O) groups excluding carboxylic acids is 2. The normalized spacial score (nSPS) is 16.1. The minimum absolute atomic E-state index is 0.0128. The van der Waals surface area contributed by atoms with E-state index >= 15 is 0 Å². The van der Waals surface area contributed by atoms with Crippen molar-refractivity contribution in [3.63, 3.8) is 0 Å². The molecule has 8 nitrogen and oxygen atoms in total. The van der Waals surface area contributed by atoms with Crippen molar-refractivity contribution in [3.8, 4) is 5.75 Å². The Morgan fingerprint density at radius 1 is 1.28 bits per heavy atom. The molecule has 2 amide bonds. The number of para-hydroxylation sites is 1. The second-order valence-corrected chi connectivity index (χ2v) is 7.33. The molecule has 2 aromatic carbocycles. The smallest absolute Gasteiger partial charge is 0.312 e. The summed E-state index contributed by atoms with van der Waals surface area (Å²) in [6.07, 6.45) is 1.65. The third-order valence-corrected chi connectivity index (χ3v) is 4.82. The Balaban J connectivity index is 2.08. The van der Waals surface area contributed by atoms with Gasteiger partial charge in [0, 0.05) is 16.1 Å². The standard InChI is InChI=1S/C20H18BrN3O5/c1-3-12(2)29-18-13(9-14(21)11-17(18)24(27)28)10-16-19(25)22-23(20(16)26)15-7-5-4-6-8-15/h4-12H,3H2,1-2H3,(H,22,25)/b16-10-/t12-/m0/s1. The Morgan fingerprint density at radius 2 is 1.97 bits per heavy atom. The van der Waals surface area contributed by atoms with E-state index in [-0.39, 0.29) is 28.7 Å². The summed E-state index contributed by atoms with van der Waals surface area (Å²) in [5, 5.41) is 12.7. The Morgan fingerprint density at radius 3 is 2.59 bits per heavy atom. The predicted molar refractivity (Wildman–Crippen MR) is 111 cm³/mol. The van der Waals surface area contributed by atoms with Gasteiger partial charge in [0.1, 0.15) is 5.57 Å². The predicted octanol–water partition coefficient (Wildman–Crippen LogP) is 4.00. The molecule has 29 heavy (non-hydrogen) atoms. The van der Waals surface area contributed by atoms with E-state index in [2.05, 4.69) is 21.4 Å². The second-order valence-electron chi connectivity index (χ2n) is 6.41. The molecular formula is C20H18BrN3O5. The van der Waals surface area contributed by atoms with Crippen LogP contribution >= 0.6 is 15.9 Å². The largest absolute Gasteiger partial charge is 0.483 e. The fourth-order valence-corrected chi connectivity index (χ4v) is 3.19. The average molecular weight is 460 g/mol. The molecule has 150 valence electrons. The van der Waals surface area contributed by atoms with Gasteiger partial charge in [-0.3, -0.25) is 25.1 Å². The third kappa shape index (κ3) is 4.29. The van der Waals surface area contributed by atoms with Crippen molar-refractivity contribution in [3.05, 3.63) is 68.2 Å². The Bertz CT molecular complexity index is 1010. The Labute approximate surface area is 175 Å². The van der Waals surface area contributed by atoms with Gasteiger partial charge in [-0.2, -0.15) is 0 Å². The third-order valence-electron chi connectivity index (χ3n) is 4.36. The number of anilines is 1. The van der Waals surface area contributed by atoms with E-state index in [4.69, 9.17) is 4.74 Å². The van der Waals surface area contributed by atoms with Crippen molar-refractivity contribution >= 4 is 45.2 Å². The van der Waals surface area contributed by atoms with E-state index in [1.165, 1.54) is 12.1 Å². The number of benzene rings is 2. The van der Waals surface area contributed by atoms with E-state index in [0.29, 0.717) is 16.6 Å². The van der Waals surface area contributed by atoms with Crippen molar-refractivity contribution in [1.82, 2.24) is 5.43 Å². The van der Waals surface area contributed by atoms with Crippen molar-refractivity contribution in [2.24, 2.45) is 0 Å². The highest BCUT2D eigenvalue weighted by Gasteiger charge is 2.35. The summed E-state index contributed by atoms with van der Waals surface area (Å²) in [5.74, 6) is -1.15. The van der Waals surface area contributed by atoms with Crippen molar-refractivity contribution in [1.29, 1.82) is 0 Å². The first-order chi connectivity index (χ1) is 13.8. The van der Waals surface area contributed by atoms with E-state index in [1.807, 2.05) is 6.92 Å². The van der Waals surface area contributed by atoms with E-state index in [1.54, 1.807) is 43.3 Å². The maximum atomic E-state index is 12.8. The second kappa shape index (κ2) is 8.44. The SMILES string of the molecule is CC[C@H](C)Oc1c(/C=C2/C(=O)NN(c3ccccc3)C2=O)cc(Br)cc1[N+](=O)[O-]. The summed E-state index contributed by atoms with van der Waals surface area (Å²) in [4.78, 5) is 36.2. The van der Waals surface area contributed by atoms with Crippen LogP contribution in [0.4, 0.5) is 11.4 Å². The molecule has 1 aliphatic heterocycles.